The Kier molecular flexibility index (Phi) is 40.5. The molecule has 0 saturated carbocycles. The highest BCUT2D eigenvalue weighted by atomic mass is 31.2. The van der Waals surface area contributed by atoms with Gasteiger partial charge in [-0.05, 0) is 38.5 Å². The first-order valence-electron chi connectivity index (χ1n) is 23.0. The smallest absolute Gasteiger partial charge is 0.462 e. The minimum Gasteiger partial charge on any atom is -0.462 e. The van der Waals surface area contributed by atoms with Crippen LogP contribution in [0.15, 0.2) is 12.2 Å². The fourth-order valence-corrected chi connectivity index (χ4v) is 7.20. The molecule has 0 amide bonds. The third-order valence-corrected chi connectivity index (χ3v) is 10.8. The molecule has 8 nitrogen and oxygen atoms in total. The van der Waals surface area contributed by atoms with Gasteiger partial charge in [-0.15, -0.1) is 0 Å². The molecule has 0 aromatic heterocycles. The number of hydrogen-bond donors (Lipinski definition) is 2. The van der Waals surface area contributed by atoms with Gasteiger partial charge in [-0.1, -0.05) is 206 Å². The molecule has 0 saturated heterocycles. The summed E-state index contributed by atoms with van der Waals surface area (Å²) in [5.74, 6) is -0.888. The number of allylic oxidation sites excluding steroid dienone is 2. The van der Waals surface area contributed by atoms with Gasteiger partial charge in [0.2, 0.25) is 0 Å². The third kappa shape index (κ3) is 43.5. The maximum Gasteiger partial charge on any atom is 0.469 e. The van der Waals surface area contributed by atoms with Gasteiger partial charge in [-0.3, -0.25) is 14.1 Å². The third-order valence-electron chi connectivity index (χ3n) is 10.3. The van der Waals surface area contributed by atoms with Crippen LogP contribution in [-0.2, 0) is 28.2 Å². The monoisotopic (exact) mass is 787 g/mol. The average molecular weight is 787 g/mol. The Morgan fingerprint density at radius 3 is 1.15 bits per heavy atom. The highest BCUT2D eigenvalue weighted by Crippen LogP contribution is 2.36. The summed E-state index contributed by atoms with van der Waals surface area (Å²) in [6.07, 6.45) is 46.6. The van der Waals surface area contributed by atoms with Gasteiger partial charge in [-0.2, -0.15) is 0 Å². The van der Waals surface area contributed by atoms with E-state index in [1.807, 2.05) is 0 Å². The molecule has 320 valence electrons. The summed E-state index contributed by atoms with van der Waals surface area (Å²) in [6, 6.07) is 0. The lowest BCUT2D eigenvalue weighted by molar-refractivity contribution is -0.161. The number of rotatable bonds is 43. The molecular weight excluding hydrogens is 699 g/mol. The predicted molar refractivity (Wildman–Crippen MR) is 226 cm³/mol. The summed E-state index contributed by atoms with van der Waals surface area (Å²) in [5.41, 5.74) is 0. The van der Waals surface area contributed by atoms with Gasteiger partial charge in [0.15, 0.2) is 6.10 Å². The molecule has 0 heterocycles. The van der Waals surface area contributed by atoms with Gasteiger partial charge in [0.05, 0.1) is 6.61 Å². The quantitative estimate of drug-likeness (QED) is 0.0271. The molecule has 0 aromatic carbocycles. The zero-order valence-corrected chi connectivity index (χ0v) is 36.3. The molecule has 0 bridgehead atoms. The van der Waals surface area contributed by atoms with Gasteiger partial charge in [0, 0.05) is 12.8 Å². The Morgan fingerprint density at radius 1 is 0.463 bits per heavy atom. The van der Waals surface area contributed by atoms with E-state index in [1.165, 1.54) is 167 Å². The summed E-state index contributed by atoms with van der Waals surface area (Å²) >= 11 is 0. The Morgan fingerprint density at radius 2 is 0.778 bits per heavy atom. The minimum atomic E-state index is -4.75. The van der Waals surface area contributed by atoms with Crippen LogP contribution in [0.5, 0.6) is 0 Å². The average Bonchev–Trinajstić information content (AvgIpc) is 3.14. The number of phosphoric acid groups is 1. The lowest BCUT2D eigenvalue weighted by atomic mass is 10.0. The van der Waals surface area contributed by atoms with E-state index in [4.69, 9.17) is 19.3 Å². The molecule has 0 radical (unpaired) electrons. The van der Waals surface area contributed by atoms with Gasteiger partial charge in [0.1, 0.15) is 6.61 Å². The number of ether oxygens (including phenoxy) is 2. The zero-order chi connectivity index (χ0) is 39.6. The van der Waals surface area contributed by atoms with Gasteiger partial charge in [0.25, 0.3) is 0 Å². The number of carbonyl (C=O) groups is 2. The first-order chi connectivity index (χ1) is 26.3. The van der Waals surface area contributed by atoms with Crippen LogP contribution in [0.1, 0.15) is 245 Å². The van der Waals surface area contributed by atoms with Crippen molar-refractivity contribution in [2.45, 2.75) is 251 Å². The highest BCUT2D eigenvalue weighted by Gasteiger charge is 2.23. The lowest BCUT2D eigenvalue weighted by Crippen LogP contribution is -2.29. The molecule has 9 heteroatoms. The summed E-state index contributed by atoms with van der Waals surface area (Å²) in [4.78, 5) is 42.9. The van der Waals surface area contributed by atoms with Crippen molar-refractivity contribution >= 4 is 19.8 Å². The second kappa shape index (κ2) is 41.4. The van der Waals surface area contributed by atoms with E-state index >= 15 is 0 Å². The second-order valence-electron chi connectivity index (χ2n) is 15.7. The first kappa shape index (κ1) is 52.8. The summed E-state index contributed by atoms with van der Waals surface area (Å²) < 4.78 is 26.4. The van der Waals surface area contributed by atoms with Crippen LogP contribution in [0.4, 0.5) is 0 Å². The van der Waals surface area contributed by atoms with E-state index in [2.05, 4.69) is 30.5 Å². The van der Waals surface area contributed by atoms with Crippen molar-refractivity contribution in [2.24, 2.45) is 0 Å². The van der Waals surface area contributed by atoms with E-state index in [-0.39, 0.29) is 19.4 Å². The van der Waals surface area contributed by atoms with E-state index in [0.29, 0.717) is 12.8 Å². The topological polar surface area (TPSA) is 119 Å². The van der Waals surface area contributed by atoms with Crippen molar-refractivity contribution in [2.75, 3.05) is 13.2 Å². The van der Waals surface area contributed by atoms with Crippen LogP contribution in [-0.4, -0.2) is 41.0 Å². The molecule has 0 aliphatic rings. The number of unbranched alkanes of at least 4 members (excludes halogenated alkanes) is 31. The number of esters is 2. The summed E-state index contributed by atoms with van der Waals surface area (Å²) in [7, 11) is -4.75. The van der Waals surface area contributed by atoms with Crippen molar-refractivity contribution in [3.8, 4) is 0 Å². The molecule has 54 heavy (non-hydrogen) atoms. The van der Waals surface area contributed by atoms with Gasteiger partial charge < -0.3 is 19.3 Å². The molecule has 2 N–H and O–H groups in total. The maximum absolute atomic E-state index is 12.4. The van der Waals surface area contributed by atoms with Crippen molar-refractivity contribution < 1.29 is 37.9 Å². The van der Waals surface area contributed by atoms with Crippen LogP contribution in [0, 0.1) is 0 Å². The van der Waals surface area contributed by atoms with Crippen molar-refractivity contribution in [3.63, 3.8) is 0 Å². The van der Waals surface area contributed by atoms with Crippen molar-refractivity contribution in [1.29, 1.82) is 0 Å². The molecule has 0 rings (SSSR count). The largest absolute Gasteiger partial charge is 0.469 e. The van der Waals surface area contributed by atoms with Crippen LogP contribution in [0.2, 0.25) is 0 Å². The van der Waals surface area contributed by atoms with Gasteiger partial charge >= 0.3 is 19.8 Å². The molecule has 0 aromatic rings. The number of carbonyl (C=O) groups excluding carboxylic acids is 2. The van der Waals surface area contributed by atoms with Crippen LogP contribution in [0.25, 0.3) is 0 Å². The van der Waals surface area contributed by atoms with Crippen molar-refractivity contribution in [1.82, 2.24) is 0 Å². The summed E-state index contributed by atoms with van der Waals surface area (Å²) in [6.45, 7) is 3.71. The van der Waals surface area contributed by atoms with Crippen molar-refractivity contribution in [3.05, 3.63) is 12.2 Å². The van der Waals surface area contributed by atoms with E-state index in [9.17, 15) is 14.2 Å². The Hall–Kier alpha value is -1.21. The number of hydrogen-bond acceptors (Lipinski definition) is 6. The molecular formula is C45H87O8P. The molecule has 0 fully saturated rings. The molecule has 1 atom stereocenters. The molecule has 0 aliphatic heterocycles. The van der Waals surface area contributed by atoms with E-state index in [0.717, 1.165) is 38.5 Å². The standard InChI is InChI=1S/C45H87O8P/c1-3-5-7-9-11-13-15-17-19-20-21-22-23-24-26-28-30-32-34-36-38-40-45(47)53-43(42-52-54(48,49)50)41-51-44(46)39-37-35-33-31-29-27-25-18-16-14-12-10-8-6-4-2/h27,29,43H,3-26,28,30-42H2,1-2H3,(H2,48,49,50)/b29-27+/t43-/m1/s1. The van der Waals surface area contributed by atoms with E-state index in [1.54, 1.807) is 0 Å². The zero-order valence-electron chi connectivity index (χ0n) is 35.4. The second-order valence-corrected chi connectivity index (χ2v) is 17.0. The highest BCUT2D eigenvalue weighted by molar-refractivity contribution is 7.46. The van der Waals surface area contributed by atoms with Gasteiger partial charge in [-0.25, -0.2) is 4.57 Å². The Balaban J connectivity index is 3.83. The molecule has 0 unspecified atom stereocenters. The van der Waals surface area contributed by atoms with E-state index < -0.39 is 32.5 Å². The minimum absolute atomic E-state index is 0.215. The normalized spacial score (nSPS) is 12.4. The molecule has 0 spiro atoms. The van der Waals surface area contributed by atoms with Crippen LogP contribution < -0.4 is 0 Å². The fraction of sp³-hybridized carbons (Fsp3) is 0.911. The maximum atomic E-state index is 12.4. The molecule has 0 aliphatic carbocycles. The summed E-state index contributed by atoms with van der Waals surface area (Å²) in [5, 5.41) is 0. The Labute approximate surface area is 333 Å². The number of phosphoric ester groups is 1. The lowest BCUT2D eigenvalue weighted by Gasteiger charge is -2.18. The SMILES string of the molecule is CCCCCCCCCC/C=C/CCCCCC(=O)OC[C@H](COP(=O)(O)O)OC(=O)CCCCCCCCCCCCCCCCCCCCCCC. The van der Waals surface area contributed by atoms with Crippen LogP contribution in [0.3, 0.4) is 0 Å². The Bertz CT molecular complexity index is 889. The first-order valence-corrected chi connectivity index (χ1v) is 24.5. The van der Waals surface area contributed by atoms with Crippen LogP contribution >= 0.6 is 7.82 Å². The fourth-order valence-electron chi connectivity index (χ4n) is 6.84. The predicted octanol–water partition coefficient (Wildman–Crippen LogP) is 14.2.